The van der Waals surface area contributed by atoms with Gasteiger partial charge in [0, 0.05) is 12.8 Å². The molecule has 57 heavy (non-hydrogen) atoms. The molecule has 0 aromatic carbocycles. The fraction of sp³-hybridized carbons (Fsp3) is 0.764. The van der Waals surface area contributed by atoms with Crippen molar-refractivity contribution in [2.24, 2.45) is 52.3 Å². The number of fused-ring (bicyclic) bond motifs is 5. The van der Waals surface area contributed by atoms with Crippen LogP contribution in [-0.2, 0) is 9.53 Å². The molecule has 322 valence electrons. The van der Waals surface area contributed by atoms with Gasteiger partial charge in [0.15, 0.2) is 0 Å². The van der Waals surface area contributed by atoms with Crippen LogP contribution >= 0.6 is 0 Å². The highest BCUT2D eigenvalue weighted by atomic mass is 16.5. The van der Waals surface area contributed by atoms with Crippen LogP contribution in [0.15, 0.2) is 72.4 Å². The van der Waals surface area contributed by atoms with E-state index in [0.717, 1.165) is 99.2 Å². The zero-order valence-electron chi connectivity index (χ0n) is 38.5. The molecule has 0 N–H and O–H groups in total. The molecule has 0 saturated heterocycles. The second kappa shape index (κ2) is 25.5. The zero-order valence-corrected chi connectivity index (χ0v) is 38.5. The molecule has 0 spiro atoms. The maximum atomic E-state index is 12.9. The van der Waals surface area contributed by atoms with E-state index in [0.29, 0.717) is 17.3 Å². The summed E-state index contributed by atoms with van der Waals surface area (Å²) in [6.07, 6.45) is 55.5. The summed E-state index contributed by atoms with van der Waals surface area (Å²) in [4.78, 5) is 12.9. The average molecular weight is 783 g/mol. The predicted octanol–water partition coefficient (Wildman–Crippen LogP) is 16.8. The van der Waals surface area contributed by atoms with E-state index in [9.17, 15) is 4.79 Å². The Morgan fingerprint density at radius 3 is 1.96 bits per heavy atom. The largest absolute Gasteiger partial charge is 0.462 e. The molecule has 0 heterocycles. The molecule has 4 rings (SSSR count). The van der Waals surface area contributed by atoms with Crippen LogP contribution in [0.5, 0.6) is 0 Å². The second-order valence-electron chi connectivity index (χ2n) is 20.0. The van der Waals surface area contributed by atoms with Crippen LogP contribution in [0.3, 0.4) is 0 Å². The molecule has 0 bridgehead atoms. The Bertz CT molecular complexity index is 1330. The molecule has 4 aliphatic rings. The van der Waals surface area contributed by atoms with E-state index >= 15 is 0 Å². The third-order valence-electron chi connectivity index (χ3n) is 16.0. The first-order valence-corrected chi connectivity index (χ1v) is 24.8. The van der Waals surface area contributed by atoms with Gasteiger partial charge in [-0.25, -0.2) is 0 Å². The predicted molar refractivity (Wildman–Crippen MR) is 248 cm³/mol. The lowest BCUT2D eigenvalue weighted by atomic mass is 9.47. The van der Waals surface area contributed by atoms with E-state index in [1.54, 1.807) is 5.57 Å². The van der Waals surface area contributed by atoms with Crippen LogP contribution < -0.4 is 0 Å². The molecule has 2 nitrogen and oxygen atoms in total. The Morgan fingerprint density at radius 2 is 1.33 bits per heavy atom. The lowest BCUT2D eigenvalue weighted by Gasteiger charge is -2.58. The molecule has 4 aliphatic carbocycles. The summed E-state index contributed by atoms with van der Waals surface area (Å²) in [5.74, 6) is 6.10. The van der Waals surface area contributed by atoms with Crippen LogP contribution in [0, 0.1) is 52.3 Å². The van der Waals surface area contributed by atoms with Crippen molar-refractivity contribution >= 4 is 5.97 Å². The number of rotatable bonds is 26. The SMILES string of the molecule is CC/C=C\C/C=C\C/C=C\C/C=C\C/C=C\CCCCCCCCCC(=O)OC1CCC2(C)C(=CCC3C2CCC2(C)C(C(C)CCC(CC)C(C)C)CCC32)C1. The van der Waals surface area contributed by atoms with Gasteiger partial charge in [-0.2, -0.15) is 0 Å². The molecule has 0 aromatic heterocycles. The molecule has 0 aliphatic heterocycles. The average Bonchev–Trinajstić information content (AvgIpc) is 3.55. The van der Waals surface area contributed by atoms with Crippen molar-refractivity contribution in [1.82, 2.24) is 0 Å². The van der Waals surface area contributed by atoms with Crippen molar-refractivity contribution in [3.8, 4) is 0 Å². The van der Waals surface area contributed by atoms with E-state index in [-0.39, 0.29) is 12.1 Å². The second-order valence-corrected chi connectivity index (χ2v) is 20.0. The van der Waals surface area contributed by atoms with Crippen molar-refractivity contribution in [2.75, 3.05) is 0 Å². The van der Waals surface area contributed by atoms with Crippen LogP contribution in [0.4, 0.5) is 0 Å². The zero-order chi connectivity index (χ0) is 40.9. The molecule has 0 aromatic rings. The van der Waals surface area contributed by atoms with Crippen LogP contribution in [-0.4, -0.2) is 12.1 Å². The Balaban J connectivity index is 1.04. The lowest BCUT2D eigenvalue weighted by Crippen LogP contribution is -2.51. The fourth-order valence-electron chi connectivity index (χ4n) is 12.4. The topological polar surface area (TPSA) is 26.3 Å². The molecule has 9 atom stereocenters. The highest BCUT2D eigenvalue weighted by Crippen LogP contribution is 2.67. The Morgan fingerprint density at radius 1 is 0.719 bits per heavy atom. The first-order chi connectivity index (χ1) is 27.6. The summed E-state index contributed by atoms with van der Waals surface area (Å²) in [6.45, 7) is 17.4. The standard InChI is InChI=1S/C55H90O2/c1-8-10-11-12-13-14-15-16-17-18-19-20-21-22-23-24-25-26-27-28-29-30-31-32-53(56)57-48-39-41-54(6)47(43-48)35-36-49-51-38-37-50(55(51,7)42-40-52(49)54)45(5)33-34-46(9-2)44(3)4/h10-11,13-14,16-17,19-20,22-23,35,44-46,48-52H,8-9,12,15,18,21,24-34,36-43H2,1-7H3/b11-10-,14-13-,17-16-,20-19-,23-22-. The van der Waals surface area contributed by atoms with E-state index in [1.807, 2.05) is 0 Å². The minimum Gasteiger partial charge on any atom is -0.462 e. The molecule has 3 saturated carbocycles. The third kappa shape index (κ3) is 14.6. The quantitative estimate of drug-likeness (QED) is 0.0496. The molecule has 0 amide bonds. The summed E-state index contributed by atoms with van der Waals surface area (Å²) >= 11 is 0. The van der Waals surface area contributed by atoms with Crippen LogP contribution in [0.25, 0.3) is 0 Å². The summed E-state index contributed by atoms with van der Waals surface area (Å²) in [5.41, 5.74) is 2.49. The minimum atomic E-state index is 0.0492. The number of carbonyl (C=O) groups excluding carboxylic acids is 1. The van der Waals surface area contributed by atoms with Gasteiger partial charge in [-0.15, -0.1) is 0 Å². The Hall–Kier alpha value is -2.09. The summed E-state index contributed by atoms with van der Waals surface area (Å²) in [5, 5.41) is 0. The first-order valence-electron chi connectivity index (χ1n) is 24.8. The summed E-state index contributed by atoms with van der Waals surface area (Å²) in [7, 11) is 0. The van der Waals surface area contributed by atoms with Gasteiger partial charge in [0.2, 0.25) is 0 Å². The monoisotopic (exact) mass is 783 g/mol. The third-order valence-corrected chi connectivity index (χ3v) is 16.0. The molecule has 9 unspecified atom stereocenters. The van der Waals surface area contributed by atoms with Gasteiger partial charge in [0.25, 0.3) is 0 Å². The van der Waals surface area contributed by atoms with Gasteiger partial charge in [0.05, 0.1) is 0 Å². The van der Waals surface area contributed by atoms with E-state index in [4.69, 9.17) is 4.74 Å². The fourth-order valence-corrected chi connectivity index (χ4v) is 12.4. The number of unbranched alkanes of at least 4 members (excludes halogenated alkanes) is 7. The number of hydrogen-bond donors (Lipinski definition) is 0. The number of carbonyl (C=O) groups is 1. The summed E-state index contributed by atoms with van der Waals surface area (Å²) < 4.78 is 6.16. The molecular formula is C55H90O2. The van der Waals surface area contributed by atoms with E-state index in [1.165, 1.54) is 96.3 Å². The molecule has 3 fully saturated rings. The van der Waals surface area contributed by atoms with E-state index in [2.05, 4.69) is 115 Å². The van der Waals surface area contributed by atoms with Gasteiger partial charge in [-0.3, -0.25) is 4.79 Å². The molecule has 0 radical (unpaired) electrons. The van der Waals surface area contributed by atoms with Gasteiger partial charge in [0.1, 0.15) is 6.10 Å². The van der Waals surface area contributed by atoms with Gasteiger partial charge in [-0.1, -0.05) is 166 Å². The van der Waals surface area contributed by atoms with E-state index < -0.39 is 0 Å². The first kappa shape index (κ1) is 47.6. The maximum Gasteiger partial charge on any atom is 0.306 e. The van der Waals surface area contributed by atoms with Crippen molar-refractivity contribution in [2.45, 2.75) is 215 Å². The number of ether oxygens (including phenoxy) is 1. The number of esters is 1. The van der Waals surface area contributed by atoms with Crippen molar-refractivity contribution < 1.29 is 9.53 Å². The number of hydrogen-bond acceptors (Lipinski definition) is 2. The molecular weight excluding hydrogens is 693 g/mol. The smallest absolute Gasteiger partial charge is 0.306 e. The van der Waals surface area contributed by atoms with Crippen molar-refractivity contribution in [3.63, 3.8) is 0 Å². The van der Waals surface area contributed by atoms with Gasteiger partial charge in [-0.05, 0) is 155 Å². The van der Waals surface area contributed by atoms with Crippen molar-refractivity contribution in [3.05, 3.63) is 72.4 Å². The van der Waals surface area contributed by atoms with Gasteiger partial charge < -0.3 is 4.74 Å². The Kier molecular flexibility index (Phi) is 21.3. The normalized spacial score (nSPS) is 30.1. The Labute approximate surface area is 354 Å². The van der Waals surface area contributed by atoms with Gasteiger partial charge >= 0.3 is 5.97 Å². The highest BCUT2D eigenvalue weighted by molar-refractivity contribution is 5.69. The minimum absolute atomic E-state index is 0.0492. The highest BCUT2D eigenvalue weighted by Gasteiger charge is 2.59. The number of allylic oxidation sites excluding steroid dienone is 11. The maximum absolute atomic E-state index is 12.9. The summed E-state index contributed by atoms with van der Waals surface area (Å²) in [6, 6.07) is 0. The van der Waals surface area contributed by atoms with Crippen molar-refractivity contribution in [1.29, 1.82) is 0 Å². The van der Waals surface area contributed by atoms with Crippen LogP contribution in [0.1, 0.15) is 209 Å². The van der Waals surface area contributed by atoms with Crippen LogP contribution in [0.2, 0.25) is 0 Å². The lowest BCUT2D eigenvalue weighted by molar-refractivity contribution is -0.151. The molecule has 2 heteroatoms.